The number of aliphatic hydroxyl groups excluding tert-OH is 1. The molecule has 0 aromatic heterocycles. The molecular weight excluding hydrogens is 296 g/mol. The van der Waals surface area contributed by atoms with Crippen LogP contribution >= 0.6 is 0 Å². The molecule has 0 radical (unpaired) electrons. The summed E-state index contributed by atoms with van der Waals surface area (Å²) in [5.41, 5.74) is 0.638. The predicted octanol–water partition coefficient (Wildman–Crippen LogP) is 4.99. The molecule has 1 N–H and O–H groups in total. The fraction of sp³-hybridized carbons (Fsp3) is 0.955. The van der Waals surface area contributed by atoms with Gasteiger partial charge >= 0.3 is 0 Å². The number of rotatable bonds is 0. The average Bonchev–Trinajstić information content (AvgIpc) is 2.91. The van der Waals surface area contributed by atoms with Crippen molar-refractivity contribution in [2.45, 2.75) is 92.1 Å². The van der Waals surface area contributed by atoms with Gasteiger partial charge in [0.05, 0.1) is 6.10 Å². The molecule has 24 heavy (non-hydrogen) atoms. The molecule has 4 rings (SSSR count). The molecule has 136 valence electrons. The lowest BCUT2D eigenvalue weighted by atomic mass is 9.35. The van der Waals surface area contributed by atoms with Gasteiger partial charge in [-0.05, 0) is 72.5 Å². The number of carbonyl (C=O) groups excluding carboxylic acids is 1. The van der Waals surface area contributed by atoms with E-state index in [4.69, 9.17) is 0 Å². The van der Waals surface area contributed by atoms with Crippen LogP contribution in [0, 0.1) is 39.4 Å². The molecular formula is C22H36O2. The van der Waals surface area contributed by atoms with E-state index in [-0.39, 0.29) is 22.3 Å². The molecule has 0 aromatic rings. The molecule has 4 saturated carbocycles. The number of hydrogen-bond acceptors (Lipinski definition) is 2. The zero-order valence-electron chi connectivity index (χ0n) is 16.3. The molecule has 0 amide bonds. The van der Waals surface area contributed by atoms with Gasteiger partial charge < -0.3 is 5.11 Å². The van der Waals surface area contributed by atoms with E-state index in [1.807, 2.05) is 0 Å². The molecule has 4 aliphatic carbocycles. The van der Waals surface area contributed by atoms with Crippen molar-refractivity contribution in [1.82, 2.24) is 0 Å². The van der Waals surface area contributed by atoms with Gasteiger partial charge in [-0.2, -0.15) is 0 Å². The Labute approximate surface area is 147 Å². The summed E-state index contributed by atoms with van der Waals surface area (Å²) in [5.74, 6) is 2.01. The molecule has 0 heterocycles. The van der Waals surface area contributed by atoms with Gasteiger partial charge in [-0.3, -0.25) is 4.79 Å². The van der Waals surface area contributed by atoms with Crippen molar-refractivity contribution in [2.75, 3.05) is 0 Å². The second-order valence-corrected chi connectivity index (χ2v) is 10.9. The Morgan fingerprint density at radius 2 is 1.62 bits per heavy atom. The molecule has 0 aliphatic heterocycles. The van der Waals surface area contributed by atoms with Crippen LogP contribution in [0.1, 0.15) is 86.0 Å². The van der Waals surface area contributed by atoms with E-state index in [1.165, 1.54) is 32.1 Å². The van der Waals surface area contributed by atoms with Crippen LogP contribution in [-0.2, 0) is 4.79 Å². The van der Waals surface area contributed by atoms with Crippen LogP contribution in [0.25, 0.3) is 0 Å². The first-order valence-electron chi connectivity index (χ1n) is 10.3. The number of Topliss-reactive ketones (excluding diaryl/α,β-unsaturated/α-hetero) is 1. The Kier molecular flexibility index (Phi) is 3.46. The van der Waals surface area contributed by atoms with E-state index in [0.29, 0.717) is 29.0 Å². The topological polar surface area (TPSA) is 37.3 Å². The second kappa shape index (κ2) is 4.87. The third kappa shape index (κ3) is 1.79. The number of carbonyl (C=O) groups is 1. The van der Waals surface area contributed by atoms with Gasteiger partial charge in [-0.15, -0.1) is 0 Å². The van der Waals surface area contributed by atoms with Gasteiger partial charge in [-0.1, -0.05) is 41.0 Å². The highest BCUT2D eigenvalue weighted by atomic mass is 16.3. The van der Waals surface area contributed by atoms with Crippen molar-refractivity contribution in [3.63, 3.8) is 0 Å². The van der Waals surface area contributed by atoms with Crippen LogP contribution in [0.4, 0.5) is 0 Å². The molecule has 0 aromatic carbocycles. The number of aliphatic hydroxyl groups is 1. The van der Waals surface area contributed by atoms with Crippen molar-refractivity contribution in [1.29, 1.82) is 0 Å². The van der Waals surface area contributed by atoms with E-state index < -0.39 is 0 Å². The quantitative estimate of drug-likeness (QED) is 0.679. The van der Waals surface area contributed by atoms with Crippen LogP contribution in [0.3, 0.4) is 0 Å². The molecule has 4 fully saturated rings. The Bertz CT molecular complexity index is 566. The van der Waals surface area contributed by atoms with Crippen molar-refractivity contribution in [3.05, 3.63) is 0 Å². The zero-order chi connectivity index (χ0) is 17.5. The number of fused-ring (bicyclic) bond motifs is 5. The Morgan fingerprint density at radius 1 is 0.917 bits per heavy atom. The lowest BCUT2D eigenvalue weighted by Gasteiger charge is -2.69. The SMILES string of the molecule is CC1(C)C(=O)CC[C@@]2(C)C1CC[C@]1(C)C2C[C@@H](O)C2CCC[C@]21C. The third-order valence-corrected chi connectivity index (χ3v) is 10.1. The van der Waals surface area contributed by atoms with Gasteiger partial charge in [0.15, 0.2) is 0 Å². The largest absolute Gasteiger partial charge is 0.393 e. The summed E-state index contributed by atoms with van der Waals surface area (Å²) in [4.78, 5) is 12.6. The van der Waals surface area contributed by atoms with Gasteiger partial charge in [0.1, 0.15) is 5.78 Å². The summed E-state index contributed by atoms with van der Waals surface area (Å²) in [7, 11) is 0. The minimum atomic E-state index is -0.188. The normalized spacial score (nSPS) is 56.3. The molecule has 2 nitrogen and oxygen atoms in total. The monoisotopic (exact) mass is 332 g/mol. The maximum absolute atomic E-state index is 12.6. The lowest BCUT2D eigenvalue weighted by Crippen LogP contribution is -2.65. The standard InChI is InChI=1S/C22H36O2/c1-19(2)16-8-12-22(5)17(20(16,3)11-9-18(19)24)13-15(23)14-7-6-10-21(14,22)4/h14-17,23H,6-13H2,1-5H3/t14?,15-,16?,17?,20+,21-,22-/m1/s1. The molecule has 2 heteroatoms. The highest BCUT2D eigenvalue weighted by Gasteiger charge is 2.68. The fourth-order valence-corrected chi connectivity index (χ4v) is 8.49. The first-order chi connectivity index (χ1) is 11.1. The highest BCUT2D eigenvalue weighted by molar-refractivity contribution is 5.85. The lowest BCUT2D eigenvalue weighted by molar-refractivity contribution is -0.221. The molecule has 0 spiro atoms. The van der Waals surface area contributed by atoms with E-state index in [1.54, 1.807) is 0 Å². The summed E-state index contributed by atoms with van der Waals surface area (Å²) in [5, 5.41) is 11.0. The van der Waals surface area contributed by atoms with Crippen molar-refractivity contribution in [3.8, 4) is 0 Å². The maximum atomic E-state index is 12.6. The molecule has 4 aliphatic rings. The first kappa shape index (κ1) is 17.1. The van der Waals surface area contributed by atoms with E-state index in [0.717, 1.165) is 19.3 Å². The number of hydrogen-bond donors (Lipinski definition) is 1. The van der Waals surface area contributed by atoms with Gasteiger partial charge in [-0.25, -0.2) is 0 Å². The highest BCUT2D eigenvalue weighted by Crippen LogP contribution is 2.74. The fourth-order valence-electron chi connectivity index (χ4n) is 8.49. The smallest absolute Gasteiger partial charge is 0.138 e. The number of ketones is 1. The van der Waals surface area contributed by atoms with E-state index in [9.17, 15) is 9.90 Å². The Morgan fingerprint density at radius 3 is 2.33 bits per heavy atom. The van der Waals surface area contributed by atoms with Crippen molar-refractivity contribution < 1.29 is 9.90 Å². The third-order valence-electron chi connectivity index (χ3n) is 10.1. The Balaban J connectivity index is 1.80. The summed E-state index contributed by atoms with van der Waals surface area (Å²) < 4.78 is 0. The van der Waals surface area contributed by atoms with Gasteiger partial charge in [0, 0.05) is 11.8 Å². The first-order valence-corrected chi connectivity index (χ1v) is 10.3. The van der Waals surface area contributed by atoms with E-state index >= 15 is 0 Å². The van der Waals surface area contributed by atoms with Gasteiger partial charge in [0.2, 0.25) is 0 Å². The van der Waals surface area contributed by atoms with Crippen molar-refractivity contribution in [2.24, 2.45) is 39.4 Å². The van der Waals surface area contributed by atoms with Crippen LogP contribution < -0.4 is 0 Å². The minimum absolute atomic E-state index is 0.133. The zero-order valence-corrected chi connectivity index (χ0v) is 16.3. The predicted molar refractivity (Wildman–Crippen MR) is 96.5 cm³/mol. The van der Waals surface area contributed by atoms with Gasteiger partial charge in [0.25, 0.3) is 0 Å². The summed E-state index contributed by atoms with van der Waals surface area (Å²) in [6.45, 7) is 11.9. The van der Waals surface area contributed by atoms with Crippen molar-refractivity contribution >= 4 is 5.78 Å². The summed E-state index contributed by atoms with van der Waals surface area (Å²) in [6.07, 6.45) is 8.82. The summed E-state index contributed by atoms with van der Waals surface area (Å²) >= 11 is 0. The summed E-state index contributed by atoms with van der Waals surface area (Å²) in [6, 6.07) is 0. The average molecular weight is 333 g/mol. The second-order valence-electron chi connectivity index (χ2n) is 10.9. The molecule has 3 unspecified atom stereocenters. The van der Waals surface area contributed by atoms with Crippen LogP contribution in [0.15, 0.2) is 0 Å². The van der Waals surface area contributed by atoms with E-state index in [2.05, 4.69) is 34.6 Å². The molecule has 7 atom stereocenters. The van der Waals surface area contributed by atoms with Crippen LogP contribution in [0.5, 0.6) is 0 Å². The van der Waals surface area contributed by atoms with Crippen LogP contribution in [-0.4, -0.2) is 17.0 Å². The molecule has 0 saturated heterocycles. The maximum Gasteiger partial charge on any atom is 0.138 e. The molecule has 0 bridgehead atoms. The minimum Gasteiger partial charge on any atom is -0.393 e. The van der Waals surface area contributed by atoms with Crippen LogP contribution in [0.2, 0.25) is 0 Å². The Hall–Kier alpha value is -0.370.